The second kappa shape index (κ2) is 3.92. The molecular formula is C12H12FN3O. The molecule has 1 aromatic carbocycles. The number of aromatic nitrogens is 3. The number of nitrogens with zero attached hydrogens (tertiary/aromatic N) is 3. The second-order valence-electron chi connectivity index (χ2n) is 4.25. The molecule has 0 unspecified atom stereocenters. The molecule has 1 aliphatic carbocycles. The molecule has 1 heterocycles. The van der Waals surface area contributed by atoms with E-state index in [0.29, 0.717) is 17.3 Å². The van der Waals surface area contributed by atoms with Crippen molar-refractivity contribution >= 4 is 0 Å². The summed E-state index contributed by atoms with van der Waals surface area (Å²) in [5.74, 6) is 0.0979. The van der Waals surface area contributed by atoms with Crippen molar-refractivity contribution in [1.82, 2.24) is 15.0 Å². The fraction of sp³-hybridized carbons (Fsp3) is 0.333. The van der Waals surface area contributed by atoms with Crippen LogP contribution in [0.1, 0.15) is 30.1 Å². The van der Waals surface area contributed by atoms with Gasteiger partial charge >= 0.3 is 0 Å². The van der Waals surface area contributed by atoms with Crippen LogP contribution in [0.2, 0.25) is 0 Å². The second-order valence-corrected chi connectivity index (χ2v) is 4.25. The lowest BCUT2D eigenvalue weighted by atomic mass is 10.2. The first kappa shape index (κ1) is 10.4. The summed E-state index contributed by atoms with van der Waals surface area (Å²) in [6.07, 6.45) is 2.16. The number of benzene rings is 1. The molecule has 88 valence electrons. The normalized spacial score (nSPS) is 15.2. The van der Waals surface area contributed by atoms with Gasteiger partial charge in [0.25, 0.3) is 0 Å². The number of halogens is 1. The van der Waals surface area contributed by atoms with Crippen LogP contribution in [0.4, 0.5) is 4.39 Å². The number of hydrogen-bond acceptors (Lipinski definition) is 3. The lowest BCUT2D eigenvalue weighted by molar-refractivity contribution is 0.275. The number of hydrogen-bond donors (Lipinski definition) is 1. The van der Waals surface area contributed by atoms with Crippen molar-refractivity contribution in [3.8, 4) is 5.69 Å². The molecule has 0 aliphatic heterocycles. The molecule has 0 spiro atoms. The standard InChI is InChI=1S/C12H12FN3O/c13-9-2-1-3-10(6-9)16-12(8-4-5-8)11(7-17)14-15-16/h1-3,6,8,17H,4-5,7H2. The van der Waals surface area contributed by atoms with Gasteiger partial charge in [-0.2, -0.15) is 0 Å². The average Bonchev–Trinajstić information content (AvgIpc) is 3.08. The Bertz CT molecular complexity index is 548. The average molecular weight is 233 g/mol. The van der Waals surface area contributed by atoms with Crippen LogP contribution in [0.3, 0.4) is 0 Å². The molecule has 17 heavy (non-hydrogen) atoms. The largest absolute Gasteiger partial charge is 0.390 e. The minimum atomic E-state index is -0.301. The minimum absolute atomic E-state index is 0.124. The number of rotatable bonds is 3. The lowest BCUT2D eigenvalue weighted by Crippen LogP contribution is -2.03. The van der Waals surface area contributed by atoms with Gasteiger partial charge in [0.1, 0.15) is 11.5 Å². The van der Waals surface area contributed by atoms with Crippen molar-refractivity contribution in [3.05, 3.63) is 41.5 Å². The van der Waals surface area contributed by atoms with Crippen molar-refractivity contribution in [2.24, 2.45) is 0 Å². The van der Waals surface area contributed by atoms with Crippen LogP contribution < -0.4 is 0 Å². The van der Waals surface area contributed by atoms with Gasteiger partial charge in [0.05, 0.1) is 18.0 Å². The van der Waals surface area contributed by atoms with Crippen LogP contribution in [0, 0.1) is 5.82 Å². The van der Waals surface area contributed by atoms with E-state index in [1.54, 1.807) is 16.8 Å². The summed E-state index contributed by atoms with van der Waals surface area (Å²) in [7, 11) is 0. The molecule has 0 bridgehead atoms. The Morgan fingerprint density at radius 1 is 1.41 bits per heavy atom. The third-order valence-corrected chi connectivity index (χ3v) is 2.95. The Balaban J connectivity index is 2.11. The van der Waals surface area contributed by atoms with E-state index in [9.17, 15) is 9.50 Å². The molecule has 1 N–H and O–H groups in total. The summed E-state index contributed by atoms with van der Waals surface area (Å²) in [5.41, 5.74) is 2.16. The van der Waals surface area contributed by atoms with E-state index < -0.39 is 0 Å². The van der Waals surface area contributed by atoms with Gasteiger partial charge in [-0.05, 0) is 31.0 Å². The molecule has 5 heteroatoms. The third-order valence-electron chi connectivity index (χ3n) is 2.95. The topological polar surface area (TPSA) is 50.9 Å². The van der Waals surface area contributed by atoms with Crippen molar-refractivity contribution in [2.75, 3.05) is 0 Å². The summed E-state index contributed by atoms with van der Waals surface area (Å²) < 4.78 is 14.8. The quantitative estimate of drug-likeness (QED) is 0.879. The highest BCUT2D eigenvalue weighted by Gasteiger charge is 2.31. The summed E-state index contributed by atoms with van der Waals surface area (Å²) >= 11 is 0. The molecule has 1 fully saturated rings. The highest BCUT2D eigenvalue weighted by atomic mass is 19.1. The molecule has 1 saturated carbocycles. The van der Waals surface area contributed by atoms with Crippen molar-refractivity contribution in [3.63, 3.8) is 0 Å². The molecule has 0 radical (unpaired) electrons. The van der Waals surface area contributed by atoms with Crippen molar-refractivity contribution in [1.29, 1.82) is 0 Å². The molecule has 2 aromatic rings. The molecule has 1 aromatic heterocycles. The van der Waals surface area contributed by atoms with E-state index >= 15 is 0 Å². The Morgan fingerprint density at radius 3 is 2.88 bits per heavy atom. The van der Waals surface area contributed by atoms with Crippen LogP contribution in [0.25, 0.3) is 5.69 Å². The zero-order valence-electron chi connectivity index (χ0n) is 9.17. The lowest BCUT2D eigenvalue weighted by Gasteiger charge is -2.06. The zero-order chi connectivity index (χ0) is 11.8. The van der Waals surface area contributed by atoms with Gasteiger partial charge in [-0.25, -0.2) is 9.07 Å². The van der Waals surface area contributed by atoms with Crippen LogP contribution in [0.5, 0.6) is 0 Å². The SMILES string of the molecule is OCc1nnn(-c2cccc(F)c2)c1C1CC1. The number of aliphatic hydroxyl groups excluding tert-OH is 1. The fourth-order valence-electron chi connectivity index (χ4n) is 2.00. The highest BCUT2D eigenvalue weighted by Crippen LogP contribution is 2.41. The molecule has 0 atom stereocenters. The Kier molecular flexibility index (Phi) is 2.40. The first-order valence-corrected chi connectivity index (χ1v) is 5.61. The molecule has 0 amide bonds. The Labute approximate surface area is 97.7 Å². The van der Waals surface area contributed by atoms with Crippen LogP contribution in [0.15, 0.2) is 24.3 Å². The summed E-state index contributed by atoms with van der Waals surface area (Å²) in [6.45, 7) is -0.124. The van der Waals surface area contributed by atoms with Gasteiger partial charge in [-0.1, -0.05) is 11.3 Å². The maximum absolute atomic E-state index is 13.2. The van der Waals surface area contributed by atoms with Gasteiger partial charge < -0.3 is 5.11 Å². The van der Waals surface area contributed by atoms with E-state index in [2.05, 4.69) is 10.3 Å². The zero-order valence-corrected chi connectivity index (χ0v) is 9.17. The smallest absolute Gasteiger partial charge is 0.125 e. The summed E-state index contributed by atoms with van der Waals surface area (Å²) in [5, 5.41) is 17.2. The Morgan fingerprint density at radius 2 is 2.24 bits per heavy atom. The van der Waals surface area contributed by atoms with Crippen LogP contribution in [-0.4, -0.2) is 20.1 Å². The minimum Gasteiger partial charge on any atom is -0.390 e. The van der Waals surface area contributed by atoms with E-state index in [1.807, 2.05) is 0 Å². The maximum Gasteiger partial charge on any atom is 0.125 e. The Hall–Kier alpha value is -1.75. The van der Waals surface area contributed by atoms with Gasteiger partial charge in [0.15, 0.2) is 0 Å². The van der Waals surface area contributed by atoms with Crippen molar-refractivity contribution < 1.29 is 9.50 Å². The van der Waals surface area contributed by atoms with E-state index in [0.717, 1.165) is 18.5 Å². The summed E-state index contributed by atoms with van der Waals surface area (Å²) in [4.78, 5) is 0. The van der Waals surface area contributed by atoms with E-state index in [-0.39, 0.29) is 12.4 Å². The molecule has 3 rings (SSSR count). The summed E-state index contributed by atoms with van der Waals surface area (Å²) in [6, 6.07) is 6.23. The van der Waals surface area contributed by atoms with Crippen LogP contribution in [-0.2, 0) is 6.61 Å². The molecule has 0 saturated heterocycles. The first-order chi connectivity index (χ1) is 8.29. The van der Waals surface area contributed by atoms with Gasteiger partial charge in [-0.3, -0.25) is 0 Å². The van der Waals surface area contributed by atoms with Gasteiger partial charge in [0.2, 0.25) is 0 Å². The van der Waals surface area contributed by atoms with Crippen LogP contribution >= 0.6 is 0 Å². The maximum atomic E-state index is 13.2. The van der Waals surface area contributed by atoms with Gasteiger partial charge in [0, 0.05) is 5.92 Å². The molecule has 4 nitrogen and oxygen atoms in total. The van der Waals surface area contributed by atoms with Gasteiger partial charge in [-0.15, -0.1) is 5.10 Å². The number of aliphatic hydroxyl groups is 1. The van der Waals surface area contributed by atoms with E-state index in [4.69, 9.17) is 0 Å². The van der Waals surface area contributed by atoms with E-state index in [1.165, 1.54) is 12.1 Å². The van der Waals surface area contributed by atoms with Crippen molar-refractivity contribution in [2.45, 2.75) is 25.4 Å². The highest BCUT2D eigenvalue weighted by molar-refractivity contribution is 5.36. The predicted octanol–water partition coefficient (Wildman–Crippen LogP) is 1.78. The molecular weight excluding hydrogens is 221 g/mol. The molecule has 1 aliphatic rings. The predicted molar refractivity (Wildman–Crippen MR) is 59.2 cm³/mol. The third kappa shape index (κ3) is 1.82. The monoisotopic (exact) mass is 233 g/mol. The first-order valence-electron chi connectivity index (χ1n) is 5.61. The fourth-order valence-corrected chi connectivity index (χ4v) is 2.00.